The van der Waals surface area contributed by atoms with E-state index in [0.29, 0.717) is 11.3 Å². The highest BCUT2D eigenvalue weighted by Gasteiger charge is 2.11. The fourth-order valence-electron chi connectivity index (χ4n) is 1.55. The van der Waals surface area contributed by atoms with Crippen molar-refractivity contribution in [1.29, 1.82) is 0 Å². The first-order valence-corrected chi connectivity index (χ1v) is 5.64. The Morgan fingerprint density at radius 3 is 2.63 bits per heavy atom. The van der Waals surface area contributed by atoms with Crippen molar-refractivity contribution in [1.82, 2.24) is 4.98 Å². The van der Waals surface area contributed by atoms with Gasteiger partial charge in [0.05, 0.1) is 6.42 Å². The third-order valence-electron chi connectivity index (χ3n) is 2.39. The zero-order valence-electron chi connectivity index (χ0n) is 9.92. The standard InChI is InChI=1S/C14H11F2NO2/c15-14(16)12-8-10(6-7-17-12)9-13(18)19-11-4-2-1-3-5-11/h1-8,14H,9H2. The Morgan fingerprint density at radius 2 is 1.95 bits per heavy atom. The molecular formula is C14H11F2NO2. The minimum absolute atomic E-state index is 0.0723. The van der Waals surface area contributed by atoms with Gasteiger partial charge >= 0.3 is 5.97 Å². The van der Waals surface area contributed by atoms with Crippen LogP contribution >= 0.6 is 0 Å². The predicted molar refractivity (Wildman–Crippen MR) is 65.0 cm³/mol. The number of hydrogen-bond acceptors (Lipinski definition) is 3. The lowest BCUT2D eigenvalue weighted by atomic mass is 10.1. The molecule has 0 aliphatic carbocycles. The number of hydrogen-bond donors (Lipinski definition) is 0. The number of halogens is 2. The van der Waals surface area contributed by atoms with Crippen LogP contribution < -0.4 is 4.74 Å². The van der Waals surface area contributed by atoms with E-state index in [4.69, 9.17) is 4.74 Å². The molecule has 1 heterocycles. The van der Waals surface area contributed by atoms with Crippen molar-refractivity contribution in [3.05, 3.63) is 59.9 Å². The van der Waals surface area contributed by atoms with E-state index in [1.165, 1.54) is 18.3 Å². The lowest BCUT2D eigenvalue weighted by Crippen LogP contribution is -2.11. The number of rotatable bonds is 4. The largest absolute Gasteiger partial charge is 0.426 e. The molecule has 1 aromatic heterocycles. The summed E-state index contributed by atoms with van der Waals surface area (Å²) in [4.78, 5) is 15.2. The van der Waals surface area contributed by atoms with Crippen LogP contribution in [0.25, 0.3) is 0 Å². The molecule has 19 heavy (non-hydrogen) atoms. The maximum Gasteiger partial charge on any atom is 0.315 e. The minimum atomic E-state index is -2.65. The Hall–Kier alpha value is -2.30. The number of benzene rings is 1. The summed E-state index contributed by atoms with van der Waals surface area (Å²) in [6.45, 7) is 0. The number of carbonyl (C=O) groups excluding carboxylic acids is 1. The summed E-state index contributed by atoms with van der Waals surface area (Å²) in [6.07, 6.45) is -1.46. The first-order chi connectivity index (χ1) is 9.15. The molecule has 0 N–H and O–H groups in total. The van der Waals surface area contributed by atoms with Gasteiger partial charge in [-0.15, -0.1) is 0 Å². The Bertz CT molecular complexity index is 558. The Kier molecular flexibility index (Phi) is 4.18. The van der Waals surface area contributed by atoms with Crippen molar-refractivity contribution >= 4 is 5.97 Å². The van der Waals surface area contributed by atoms with E-state index in [0.717, 1.165) is 0 Å². The second kappa shape index (κ2) is 6.04. The number of esters is 1. The van der Waals surface area contributed by atoms with Gasteiger partial charge in [0.15, 0.2) is 0 Å². The van der Waals surface area contributed by atoms with Crippen molar-refractivity contribution in [2.45, 2.75) is 12.8 Å². The molecule has 0 unspecified atom stereocenters. The van der Waals surface area contributed by atoms with Gasteiger partial charge in [0.25, 0.3) is 6.43 Å². The molecule has 0 saturated heterocycles. The Labute approximate surface area is 108 Å². The monoisotopic (exact) mass is 263 g/mol. The third-order valence-corrected chi connectivity index (χ3v) is 2.39. The highest BCUT2D eigenvalue weighted by Crippen LogP contribution is 2.17. The summed E-state index contributed by atoms with van der Waals surface area (Å²) < 4.78 is 30.0. The van der Waals surface area contributed by atoms with Crippen LogP contribution in [0.1, 0.15) is 17.7 Å². The summed E-state index contributed by atoms with van der Waals surface area (Å²) in [6, 6.07) is 11.3. The molecule has 0 bridgehead atoms. The van der Waals surface area contributed by atoms with Gasteiger partial charge in [-0.25, -0.2) is 8.78 Å². The van der Waals surface area contributed by atoms with Crippen LogP contribution in [0, 0.1) is 0 Å². The average Bonchev–Trinajstić information content (AvgIpc) is 2.40. The van der Waals surface area contributed by atoms with Crippen LogP contribution in [0.2, 0.25) is 0 Å². The van der Waals surface area contributed by atoms with E-state index in [1.807, 2.05) is 0 Å². The molecule has 5 heteroatoms. The second-order valence-corrected chi connectivity index (χ2v) is 3.85. The summed E-state index contributed by atoms with van der Waals surface area (Å²) in [5.74, 6) is -0.0757. The van der Waals surface area contributed by atoms with Crippen molar-refractivity contribution in [2.75, 3.05) is 0 Å². The van der Waals surface area contributed by atoms with Crippen molar-refractivity contribution in [2.24, 2.45) is 0 Å². The molecule has 3 nitrogen and oxygen atoms in total. The number of aromatic nitrogens is 1. The summed E-state index contributed by atoms with van der Waals surface area (Å²) >= 11 is 0. The van der Waals surface area contributed by atoms with E-state index in [1.54, 1.807) is 30.3 Å². The molecule has 0 atom stereocenters. The van der Waals surface area contributed by atoms with Crippen LogP contribution in [-0.2, 0) is 11.2 Å². The molecule has 98 valence electrons. The first kappa shape index (κ1) is 13.1. The first-order valence-electron chi connectivity index (χ1n) is 5.64. The van der Waals surface area contributed by atoms with Gasteiger partial charge in [-0.3, -0.25) is 9.78 Å². The van der Waals surface area contributed by atoms with Crippen LogP contribution in [-0.4, -0.2) is 11.0 Å². The Balaban J connectivity index is 2.01. The number of ether oxygens (including phenoxy) is 1. The Morgan fingerprint density at radius 1 is 1.21 bits per heavy atom. The summed E-state index contributed by atoms with van der Waals surface area (Å²) in [5.41, 5.74) is 0.108. The number of pyridine rings is 1. The van der Waals surface area contributed by atoms with Crippen molar-refractivity contribution in [3.8, 4) is 5.75 Å². The van der Waals surface area contributed by atoms with Gasteiger partial charge in [-0.05, 0) is 29.8 Å². The topological polar surface area (TPSA) is 39.2 Å². The molecule has 0 aliphatic rings. The smallest absolute Gasteiger partial charge is 0.315 e. The van der Waals surface area contributed by atoms with Crippen LogP contribution in [0.5, 0.6) is 5.75 Å². The zero-order chi connectivity index (χ0) is 13.7. The van der Waals surface area contributed by atoms with E-state index in [9.17, 15) is 13.6 Å². The van der Waals surface area contributed by atoms with Crippen molar-refractivity contribution in [3.63, 3.8) is 0 Å². The van der Waals surface area contributed by atoms with Gasteiger partial charge in [-0.2, -0.15) is 0 Å². The highest BCUT2D eigenvalue weighted by atomic mass is 19.3. The highest BCUT2D eigenvalue weighted by molar-refractivity contribution is 5.75. The van der Waals surface area contributed by atoms with Gasteiger partial charge < -0.3 is 4.74 Å². The molecule has 2 aromatic rings. The van der Waals surface area contributed by atoms with Crippen LogP contribution in [0.4, 0.5) is 8.78 Å². The van der Waals surface area contributed by atoms with Crippen LogP contribution in [0.15, 0.2) is 48.7 Å². The molecular weight excluding hydrogens is 252 g/mol. The normalized spacial score (nSPS) is 10.5. The lowest BCUT2D eigenvalue weighted by Gasteiger charge is -2.05. The van der Waals surface area contributed by atoms with E-state index in [2.05, 4.69) is 4.98 Å². The van der Waals surface area contributed by atoms with Gasteiger partial charge in [0.2, 0.25) is 0 Å². The van der Waals surface area contributed by atoms with Crippen LogP contribution in [0.3, 0.4) is 0 Å². The molecule has 0 aliphatic heterocycles. The molecule has 1 aromatic carbocycles. The summed E-state index contributed by atoms with van der Waals surface area (Å²) in [7, 11) is 0. The maximum absolute atomic E-state index is 12.5. The minimum Gasteiger partial charge on any atom is -0.426 e. The van der Waals surface area contributed by atoms with E-state index >= 15 is 0 Å². The second-order valence-electron chi connectivity index (χ2n) is 3.85. The molecule has 0 saturated carbocycles. The molecule has 0 radical (unpaired) electrons. The fraction of sp³-hybridized carbons (Fsp3) is 0.143. The average molecular weight is 263 g/mol. The number of nitrogens with zero attached hydrogens (tertiary/aromatic N) is 1. The number of carbonyl (C=O) groups is 1. The molecule has 0 amide bonds. The number of para-hydroxylation sites is 1. The lowest BCUT2D eigenvalue weighted by molar-refractivity contribution is -0.133. The maximum atomic E-state index is 12.5. The third kappa shape index (κ3) is 3.84. The van der Waals surface area contributed by atoms with Crippen molar-refractivity contribution < 1.29 is 18.3 Å². The molecule has 2 rings (SSSR count). The molecule has 0 fully saturated rings. The fourth-order valence-corrected chi connectivity index (χ4v) is 1.55. The number of alkyl halides is 2. The van der Waals surface area contributed by atoms with E-state index < -0.39 is 12.4 Å². The summed E-state index contributed by atoms with van der Waals surface area (Å²) in [5, 5.41) is 0. The van der Waals surface area contributed by atoms with Gasteiger partial charge in [-0.1, -0.05) is 18.2 Å². The van der Waals surface area contributed by atoms with Gasteiger partial charge in [0, 0.05) is 6.20 Å². The van der Waals surface area contributed by atoms with Gasteiger partial charge in [0.1, 0.15) is 11.4 Å². The zero-order valence-corrected chi connectivity index (χ0v) is 9.92. The molecule has 0 spiro atoms. The van der Waals surface area contributed by atoms with E-state index in [-0.39, 0.29) is 12.1 Å². The predicted octanol–water partition coefficient (Wildman–Crippen LogP) is 3.17. The SMILES string of the molecule is O=C(Cc1ccnc(C(F)F)c1)Oc1ccccc1. The quantitative estimate of drug-likeness (QED) is 0.628.